The van der Waals surface area contributed by atoms with Crippen molar-refractivity contribution >= 4 is 11.9 Å². The molecule has 5 heteroatoms. The van der Waals surface area contributed by atoms with Crippen molar-refractivity contribution in [2.75, 3.05) is 25.0 Å². The predicted octanol–water partition coefficient (Wildman–Crippen LogP) is 2.62. The number of likely N-dealkylation sites (tertiary alicyclic amines) is 1. The maximum absolute atomic E-state index is 12.3. The van der Waals surface area contributed by atoms with Gasteiger partial charge in [0.05, 0.1) is 0 Å². The molecular formula is C15H24N4O. The Labute approximate surface area is 120 Å². The molecule has 0 aliphatic carbocycles. The molecule has 110 valence electrons. The van der Waals surface area contributed by atoms with Crippen LogP contribution in [0.3, 0.4) is 0 Å². The zero-order valence-electron chi connectivity index (χ0n) is 12.5. The van der Waals surface area contributed by atoms with Crippen LogP contribution in [0.25, 0.3) is 0 Å². The van der Waals surface area contributed by atoms with Gasteiger partial charge in [0.2, 0.25) is 5.95 Å². The third kappa shape index (κ3) is 3.92. The molecule has 2 rings (SSSR count). The normalized spacial score (nSPS) is 14.6. The highest BCUT2D eigenvalue weighted by Crippen LogP contribution is 2.13. The average molecular weight is 276 g/mol. The van der Waals surface area contributed by atoms with Crippen LogP contribution >= 0.6 is 0 Å². The maximum atomic E-state index is 12.3. The van der Waals surface area contributed by atoms with Crippen molar-refractivity contribution in [2.24, 2.45) is 0 Å². The van der Waals surface area contributed by atoms with Crippen molar-refractivity contribution in [1.29, 1.82) is 0 Å². The summed E-state index contributed by atoms with van der Waals surface area (Å²) in [5.41, 5.74) is 1.35. The molecule has 1 N–H and O–H groups in total. The van der Waals surface area contributed by atoms with Crippen LogP contribution in [0.1, 0.15) is 55.2 Å². The van der Waals surface area contributed by atoms with Crippen molar-refractivity contribution in [3.8, 4) is 0 Å². The molecule has 0 atom stereocenters. The lowest BCUT2D eigenvalue weighted by Crippen LogP contribution is -2.28. The lowest BCUT2D eigenvalue weighted by atomic mass is 10.2. The molecule has 1 fully saturated rings. The van der Waals surface area contributed by atoms with Gasteiger partial charge in [0.25, 0.3) is 5.91 Å². The van der Waals surface area contributed by atoms with E-state index in [1.165, 1.54) is 12.8 Å². The van der Waals surface area contributed by atoms with E-state index in [0.29, 0.717) is 11.6 Å². The monoisotopic (exact) mass is 276 g/mol. The summed E-state index contributed by atoms with van der Waals surface area (Å²) in [4.78, 5) is 22.9. The Morgan fingerprint density at radius 2 is 2.05 bits per heavy atom. The van der Waals surface area contributed by atoms with Gasteiger partial charge in [-0.15, -0.1) is 0 Å². The highest BCUT2D eigenvalue weighted by Gasteiger charge is 2.21. The molecule has 0 spiro atoms. The lowest BCUT2D eigenvalue weighted by Gasteiger charge is -2.15. The van der Waals surface area contributed by atoms with E-state index in [0.717, 1.165) is 44.6 Å². The zero-order chi connectivity index (χ0) is 14.4. The smallest absolute Gasteiger partial charge is 0.272 e. The van der Waals surface area contributed by atoms with Crippen LogP contribution in [0, 0.1) is 6.92 Å². The number of aromatic nitrogens is 2. The van der Waals surface area contributed by atoms with Crippen molar-refractivity contribution in [2.45, 2.75) is 46.0 Å². The molecule has 1 aliphatic heterocycles. The predicted molar refractivity (Wildman–Crippen MR) is 79.9 cm³/mol. The maximum Gasteiger partial charge on any atom is 0.272 e. The summed E-state index contributed by atoms with van der Waals surface area (Å²) in [5, 5.41) is 3.21. The third-order valence-corrected chi connectivity index (χ3v) is 3.53. The van der Waals surface area contributed by atoms with Gasteiger partial charge < -0.3 is 10.2 Å². The molecular weight excluding hydrogens is 252 g/mol. The Balaban J connectivity index is 2.01. The number of carbonyl (C=O) groups excluding carboxylic acids is 1. The Kier molecular flexibility index (Phi) is 5.32. The Hall–Kier alpha value is -1.65. The molecule has 20 heavy (non-hydrogen) atoms. The first kappa shape index (κ1) is 14.8. The fourth-order valence-electron chi connectivity index (χ4n) is 2.41. The van der Waals surface area contributed by atoms with Crippen molar-refractivity contribution < 1.29 is 4.79 Å². The topological polar surface area (TPSA) is 58.1 Å². The number of rotatable bonds is 6. The quantitative estimate of drug-likeness (QED) is 0.811. The summed E-state index contributed by atoms with van der Waals surface area (Å²) in [5.74, 6) is 0.605. The standard InChI is InChI=1S/C15H24N4O/c1-3-4-5-8-16-15-17-12(2)11-13(18-15)14(20)19-9-6-7-10-19/h11H,3-10H2,1-2H3,(H,16,17,18). The summed E-state index contributed by atoms with van der Waals surface area (Å²) in [6.07, 6.45) is 5.67. The van der Waals surface area contributed by atoms with E-state index in [9.17, 15) is 4.79 Å². The van der Waals surface area contributed by atoms with Gasteiger partial charge in [-0.1, -0.05) is 19.8 Å². The van der Waals surface area contributed by atoms with E-state index in [2.05, 4.69) is 22.2 Å². The second-order valence-electron chi connectivity index (χ2n) is 5.35. The average Bonchev–Trinajstić information content (AvgIpc) is 2.96. The number of hydrogen-bond donors (Lipinski definition) is 1. The van der Waals surface area contributed by atoms with Gasteiger partial charge >= 0.3 is 0 Å². The fourth-order valence-corrected chi connectivity index (χ4v) is 2.41. The molecule has 1 aromatic heterocycles. The lowest BCUT2D eigenvalue weighted by molar-refractivity contribution is 0.0787. The van der Waals surface area contributed by atoms with E-state index >= 15 is 0 Å². The van der Waals surface area contributed by atoms with Gasteiger partial charge in [-0.05, 0) is 32.3 Å². The van der Waals surface area contributed by atoms with Crippen molar-refractivity contribution in [3.05, 3.63) is 17.5 Å². The molecule has 2 heterocycles. The summed E-state index contributed by atoms with van der Waals surface area (Å²) in [6.45, 7) is 6.63. The molecule has 0 radical (unpaired) electrons. The molecule has 1 amide bonds. The number of nitrogens with zero attached hydrogens (tertiary/aromatic N) is 3. The second-order valence-corrected chi connectivity index (χ2v) is 5.35. The van der Waals surface area contributed by atoms with Crippen molar-refractivity contribution in [1.82, 2.24) is 14.9 Å². The Bertz CT molecular complexity index is 455. The van der Waals surface area contributed by atoms with Gasteiger partial charge in [-0.2, -0.15) is 0 Å². The second kappa shape index (κ2) is 7.22. The van der Waals surface area contributed by atoms with Crippen LogP contribution < -0.4 is 5.32 Å². The van der Waals surface area contributed by atoms with Gasteiger partial charge in [-0.25, -0.2) is 9.97 Å². The summed E-state index contributed by atoms with van der Waals surface area (Å²) < 4.78 is 0. The van der Waals surface area contributed by atoms with Crippen LogP contribution in [-0.4, -0.2) is 40.4 Å². The highest BCUT2D eigenvalue weighted by molar-refractivity contribution is 5.92. The van der Waals surface area contributed by atoms with E-state index in [1.807, 2.05) is 11.8 Å². The zero-order valence-corrected chi connectivity index (χ0v) is 12.5. The van der Waals surface area contributed by atoms with E-state index < -0.39 is 0 Å². The molecule has 1 aromatic rings. The highest BCUT2D eigenvalue weighted by atomic mass is 16.2. The van der Waals surface area contributed by atoms with Gasteiger partial charge in [-0.3, -0.25) is 4.79 Å². The van der Waals surface area contributed by atoms with E-state index in [1.54, 1.807) is 6.07 Å². The van der Waals surface area contributed by atoms with Crippen LogP contribution in [-0.2, 0) is 0 Å². The first-order valence-electron chi connectivity index (χ1n) is 7.59. The molecule has 0 unspecified atom stereocenters. The van der Waals surface area contributed by atoms with Gasteiger partial charge in [0, 0.05) is 25.3 Å². The van der Waals surface area contributed by atoms with Crippen LogP contribution in [0.4, 0.5) is 5.95 Å². The number of amides is 1. The SMILES string of the molecule is CCCCCNc1nc(C)cc(C(=O)N2CCCC2)n1. The minimum atomic E-state index is 0.0320. The minimum absolute atomic E-state index is 0.0320. The molecule has 1 aliphatic rings. The molecule has 0 aromatic carbocycles. The van der Waals surface area contributed by atoms with Gasteiger partial charge in [0.1, 0.15) is 5.69 Å². The number of carbonyl (C=O) groups is 1. The minimum Gasteiger partial charge on any atom is -0.354 e. The van der Waals surface area contributed by atoms with Crippen LogP contribution in [0.2, 0.25) is 0 Å². The number of hydrogen-bond acceptors (Lipinski definition) is 4. The Morgan fingerprint density at radius 1 is 1.30 bits per heavy atom. The molecule has 5 nitrogen and oxygen atoms in total. The van der Waals surface area contributed by atoms with E-state index in [-0.39, 0.29) is 5.91 Å². The number of anilines is 1. The largest absolute Gasteiger partial charge is 0.354 e. The summed E-state index contributed by atoms with van der Waals surface area (Å²) >= 11 is 0. The fraction of sp³-hybridized carbons (Fsp3) is 0.667. The third-order valence-electron chi connectivity index (χ3n) is 3.53. The van der Waals surface area contributed by atoms with Crippen LogP contribution in [0.5, 0.6) is 0 Å². The summed E-state index contributed by atoms with van der Waals surface area (Å²) in [7, 11) is 0. The number of nitrogens with one attached hydrogen (secondary N) is 1. The summed E-state index contributed by atoms with van der Waals surface area (Å²) in [6, 6.07) is 1.78. The van der Waals surface area contributed by atoms with Crippen LogP contribution in [0.15, 0.2) is 6.07 Å². The Morgan fingerprint density at radius 3 is 2.75 bits per heavy atom. The molecule has 0 bridgehead atoms. The first-order valence-corrected chi connectivity index (χ1v) is 7.59. The molecule has 0 saturated carbocycles. The first-order chi connectivity index (χ1) is 9.70. The number of unbranched alkanes of at least 4 members (excludes halogenated alkanes) is 2. The van der Waals surface area contributed by atoms with Gasteiger partial charge in [0.15, 0.2) is 0 Å². The van der Waals surface area contributed by atoms with Crippen molar-refractivity contribution in [3.63, 3.8) is 0 Å². The van der Waals surface area contributed by atoms with E-state index in [4.69, 9.17) is 0 Å². The number of aryl methyl sites for hydroxylation is 1. The molecule has 1 saturated heterocycles.